The minimum absolute atomic E-state index is 0.00595. The third kappa shape index (κ3) is 5.46. The molecule has 2 N–H and O–H groups in total. The smallest absolute Gasteiger partial charge is 0.161 e. The van der Waals surface area contributed by atoms with Crippen LogP contribution < -0.4 is 14.8 Å². The van der Waals surface area contributed by atoms with Gasteiger partial charge in [-0.15, -0.1) is 0 Å². The maximum Gasteiger partial charge on any atom is 0.161 e. The zero-order chi connectivity index (χ0) is 15.6. The Labute approximate surface area is 132 Å². The van der Waals surface area contributed by atoms with Crippen LogP contribution in [0.2, 0.25) is 0 Å². The summed E-state index contributed by atoms with van der Waals surface area (Å²) < 4.78 is 16.1. The average molecular weight is 310 g/mol. The van der Waals surface area contributed by atoms with Crippen molar-refractivity contribution in [3.05, 3.63) is 23.8 Å². The lowest BCUT2D eigenvalue weighted by molar-refractivity contribution is 0.0384. The molecule has 1 aliphatic rings. The molecule has 1 aromatic rings. The average Bonchev–Trinajstić information content (AvgIpc) is 2.58. The normalized spacial score (nSPS) is 15.7. The summed E-state index contributed by atoms with van der Waals surface area (Å²) in [6, 6.07) is 5.86. The van der Waals surface area contributed by atoms with E-state index in [1.165, 1.54) is 0 Å². The highest BCUT2D eigenvalue weighted by atomic mass is 16.5. The van der Waals surface area contributed by atoms with Crippen LogP contribution in [-0.4, -0.2) is 69.7 Å². The van der Waals surface area contributed by atoms with Gasteiger partial charge in [0.2, 0.25) is 0 Å². The van der Waals surface area contributed by atoms with Gasteiger partial charge in [0, 0.05) is 32.7 Å². The van der Waals surface area contributed by atoms with E-state index in [4.69, 9.17) is 19.3 Å². The van der Waals surface area contributed by atoms with E-state index in [2.05, 4.69) is 10.2 Å². The van der Waals surface area contributed by atoms with Crippen molar-refractivity contribution >= 4 is 0 Å². The molecule has 6 heteroatoms. The van der Waals surface area contributed by atoms with Crippen LogP contribution in [-0.2, 0) is 11.3 Å². The number of nitrogens with one attached hydrogen (secondary N) is 1. The molecule has 0 amide bonds. The van der Waals surface area contributed by atoms with Gasteiger partial charge in [-0.2, -0.15) is 0 Å². The molecule has 0 radical (unpaired) electrons. The summed E-state index contributed by atoms with van der Waals surface area (Å²) in [7, 11) is 1.62. The summed E-state index contributed by atoms with van der Waals surface area (Å²) in [5.74, 6) is 1.36. The lowest BCUT2D eigenvalue weighted by Gasteiger charge is -2.26. The summed E-state index contributed by atoms with van der Waals surface area (Å²) in [6.45, 7) is 6.77. The Balaban J connectivity index is 1.74. The van der Waals surface area contributed by atoms with Crippen LogP contribution in [0.15, 0.2) is 18.2 Å². The summed E-state index contributed by atoms with van der Waals surface area (Å²) in [4.78, 5) is 2.41. The zero-order valence-corrected chi connectivity index (χ0v) is 13.2. The number of methoxy groups -OCH3 is 1. The maximum atomic E-state index is 8.81. The van der Waals surface area contributed by atoms with Crippen molar-refractivity contribution in [2.24, 2.45) is 0 Å². The lowest BCUT2D eigenvalue weighted by Crippen LogP contribution is -2.40. The number of ether oxygens (including phenoxy) is 3. The molecule has 22 heavy (non-hydrogen) atoms. The number of nitrogens with zero attached hydrogens (tertiary/aromatic N) is 1. The number of rotatable bonds is 9. The minimum atomic E-state index is -0.00595. The second kappa shape index (κ2) is 9.63. The number of hydrogen-bond donors (Lipinski definition) is 2. The molecule has 1 saturated heterocycles. The van der Waals surface area contributed by atoms with Crippen LogP contribution in [0.5, 0.6) is 11.5 Å². The maximum absolute atomic E-state index is 8.81. The fourth-order valence-electron chi connectivity index (χ4n) is 2.39. The summed E-state index contributed by atoms with van der Waals surface area (Å²) in [5, 5.41) is 12.3. The fourth-order valence-corrected chi connectivity index (χ4v) is 2.39. The van der Waals surface area contributed by atoms with E-state index in [-0.39, 0.29) is 13.2 Å². The van der Waals surface area contributed by atoms with Crippen molar-refractivity contribution in [3.8, 4) is 11.5 Å². The Hall–Kier alpha value is -1.34. The van der Waals surface area contributed by atoms with Crippen LogP contribution in [0.4, 0.5) is 0 Å². The predicted molar refractivity (Wildman–Crippen MR) is 84.5 cm³/mol. The molecular weight excluding hydrogens is 284 g/mol. The van der Waals surface area contributed by atoms with E-state index in [0.717, 1.165) is 51.5 Å². The zero-order valence-electron chi connectivity index (χ0n) is 13.2. The summed E-state index contributed by atoms with van der Waals surface area (Å²) in [6.07, 6.45) is 0. The van der Waals surface area contributed by atoms with Crippen LogP contribution in [0.25, 0.3) is 0 Å². The SMILES string of the molecule is COc1cc(CNCCN2CCOCC2)ccc1OCCO. The lowest BCUT2D eigenvalue weighted by atomic mass is 10.2. The first-order valence-corrected chi connectivity index (χ1v) is 7.75. The van der Waals surface area contributed by atoms with Gasteiger partial charge in [0.25, 0.3) is 0 Å². The van der Waals surface area contributed by atoms with Crippen molar-refractivity contribution in [2.75, 3.05) is 59.7 Å². The molecule has 1 aromatic carbocycles. The van der Waals surface area contributed by atoms with Crippen LogP contribution in [0.1, 0.15) is 5.56 Å². The molecule has 2 rings (SSSR count). The molecule has 0 aromatic heterocycles. The van der Waals surface area contributed by atoms with Gasteiger partial charge in [0.15, 0.2) is 11.5 Å². The summed E-state index contributed by atoms with van der Waals surface area (Å²) >= 11 is 0. The largest absolute Gasteiger partial charge is 0.493 e. The third-order valence-corrected chi connectivity index (χ3v) is 3.61. The molecule has 6 nitrogen and oxygen atoms in total. The molecule has 0 bridgehead atoms. The predicted octanol–water partition coefficient (Wildman–Crippen LogP) is 0.488. The van der Waals surface area contributed by atoms with Crippen molar-refractivity contribution in [2.45, 2.75) is 6.54 Å². The monoisotopic (exact) mass is 310 g/mol. The van der Waals surface area contributed by atoms with E-state index < -0.39 is 0 Å². The standard InChI is InChI=1S/C16H26N2O4/c1-20-16-12-14(2-3-15(16)22-11-8-19)13-17-4-5-18-6-9-21-10-7-18/h2-3,12,17,19H,4-11,13H2,1H3. The molecule has 0 unspecified atom stereocenters. The number of aliphatic hydroxyl groups excluding tert-OH is 1. The highest BCUT2D eigenvalue weighted by Gasteiger charge is 2.09. The second-order valence-corrected chi connectivity index (χ2v) is 5.19. The van der Waals surface area contributed by atoms with Gasteiger partial charge in [0.05, 0.1) is 26.9 Å². The first kappa shape index (κ1) is 17.0. The highest BCUT2D eigenvalue weighted by molar-refractivity contribution is 5.42. The van der Waals surface area contributed by atoms with Gasteiger partial charge < -0.3 is 24.6 Å². The highest BCUT2D eigenvalue weighted by Crippen LogP contribution is 2.27. The van der Waals surface area contributed by atoms with Gasteiger partial charge in [0.1, 0.15) is 6.61 Å². The van der Waals surface area contributed by atoms with E-state index in [1.54, 1.807) is 7.11 Å². The molecule has 0 saturated carbocycles. The van der Waals surface area contributed by atoms with Crippen LogP contribution >= 0.6 is 0 Å². The van der Waals surface area contributed by atoms with Gasteiger partial charge in [-0.25, -0.2) is 0 Å². The Morgan fingerprint density at radius 1 is 1.27 bits per heavy atom. The van der Waals surface area contributed by atoms with Gasteiger partial charge in [-0.1, -0.05) is 6.07 Å². The van der Waals surface area contributed by atoms with Gasteiger partial charge in [-0.05, 0) is 17.7 Å². The topological polar surface area (TPSA) is 63.2 Å². The van der Waals surface area contributed by atoms with E-state index in [1.807, 2.05) is 18.2 Å². The van der Waals surface area contributed by atoms with Crippen molar-refractivity contribution < 1.29 is 19.3 Å². The summed E-state index contributed by atoms with van der Waals surface area (Å²) in [5.41, 5.74) is 1.15. The number of benzene rings is 1. The number of aliphatic hydroxyl groups is 1. The van der Waals surface area contributed by atoms with Gasteiger partial charge >= 0.3 is 0 Å². The van der Waals surface area contributed by atoms with Crippen molar-refractivity contribution in [1.82, 2.24) is 10.2 Å². The molecule has 124 valence electrons. The van der Waals surface area contributed by atoms with E-state index in [9.17, 15) is 0 Å². The molecule has 0 atom stereocenters. The molecule has 1 heterocycles. The number of hydrogen-bond acceptors (Lipinski definition) is 6. The molecule has 1 fully saturated rings. The van der Waals surface area contributed by atoms with Crippen LogP contribution in [0.3, 0.4) is 0 Å². The second-order valence-electron chi connectivity index (χ2n) is 5.19. The van der Waals surface area contributed by atoms with Crippen LogP contribution in [0, 0.1) is 0 Å². The van der Waals surface area contributed by atoms with Crippen molar-refractivity contribution in [3.63, 3.8) is 0 Å². The Morgan fingerprint density at radius 2 is 2.09 bits per heavy atom. The Morgan fingerprint density at radius 3 is 2.82 bits per heavy atom. The Kier molecular flexibility index (Phi) is 7.45. The van der Waals surface area contributed by atoms with Gasteiger partial charge in [-0.3, -0.25) is 4.90 Å². The quantitative estimate of drug-likeness (QED) is 0.647. The fraction of sp³-hybridized carbons (Fsp3) is 0.625. The van der Waals surface area contributed by atoms with E-state index in [0.29, 0.717) is 11.5 Å². The molecular formula is C16H26N2O4. The first-order valence-electron chi connectivity index (χ1n) is 7.75. The minimum Gasteiger partial charge on any atom is -0.493 e. The van der Waals surface area contributed by atoms with E-state index >= 15 is 0 Å². The van der Waals surface area contributed by atoms with Crippen molar-refractivity contribution in [1.29, 1.82) is 0 Å². The first-order chi connectivity index (χ1) is 10.8. The third-order valence-electron chi connectivity index (χ3n) is 3.61. The Bertz CT molecular complexity index is 436. The number of morpholine rings is 1. The molecule has 0 aliphatic carbocycles. The molecule has 0 spiro atoms. The molecule has 1 aliphatic heterocycles.